The Bertz CT molecular complexity index is 596. The van der Waals surface area contributed by atoms with Gasteiger partial charge in [-0.05, 0) is 37.3 Å². The molecule has 2 rings (SSSR count). The molecule has 2 aromatic carbocycles. The molecule has 18 heavy (non-hydrogen) atoms. The van der Waals surface area contributed by atoms with Crippen molar-refractivity contribution < 1.29 is 13.9 Å². The number of halogens is 2. The van der Waals surface area contributed by atoms with E-state index in [4.69, 9.17) is 4.74 Å². The molecule has 0 saturated heterocycles. The predicted molar refractivity (Wildman–Crippen MR) is 70.6 cm³/mol. The van der Waals surface area contributed by atoms with Crippen molar-refractivity contribution in [2.45, 2.75) is 6.92 Å². The van der Waals surface area contributed by atoms with Crippen LogP contribution < -0.4 is 4.74 Å². The Morgan fingerprint density at radius 3 is 2.67 bits per heavy atom. The SMILES string of the molecule is CC(=O)c1ccc(Br)cc1Oc1cccc(F)c1. The van der Waals surface area contributed by atoms with Crippen molar-refractivity contribution in [3.63, 3.8) is 0 Å². The number of rotatable bonds is 3. The van der Waals surface area contributed by atoms with E-state index in [1.54, 1.807) is 30.3 Å². The minimum atomic E-state index is -0.383. The Morgan fingerprint density at radius 2 is 2.00 bits per heavy atom. The molecule has 0 bridgehead atoms. The monoisotopic (exact) mass is 308 g/mol. The molecule has 0 aliphatic rings. The number of Topliss-reactive ketones (excluding diaryl/α,β-unsaturated/α-hetero) is 1. The third-order valence-electron chi connectivity index (χ3n) is 2.35. The lowest BCUT2D eigenvalue weighted by atomic mass is 10.1. The van der Waals surface area contributed by atoms with Gasteiger partial charge < -0.3 is 4.74 Å². The van der Waals surface area contributed by atoms with Crippen LogP contribution in [0.5, 0.6) is 11.5 Å². The molecule has 0 aliphatic carbocycles. The van der Waals surface area contributed by atoms with E-state index in [0.29, 0.717) is 17.1 Å². The van der Waals surface area contributed by atoms with Gasteiger partial charge in [0.25, 0.3) is 0 Å². The lowest BCUT2D eigenvalue weighted by molar-refractivity contribution is 0.101. The minimum Gasteiger partial charge on any atom is -0.456 e. The van der Waals surface area contributed by atoms with Crippen LogP contribution in [0.25, 0.3) is 0 Å². The second-order valence-corrected chi connectivity index (χ2v) is 4.67. The van der Waals surface area contributed by atoms with E-state index in [2.05, 4.69) is 15.9 Å². The van der Waals surface area contributed by atoms with Crippen LogP contribution in [0.4, 0.5) is 4.39 Å². The maximum absolute atomic E-state index is 13.1. The summed E-state index contributed by atoms with van der Waals surface area (Å²) in [5.74, 6) is 0.277. The molecular weight excluding hydrogens is 299 g/mol. The Balaban J connectivity index is 2.39. The predicted octanol–water partition coefficient (Wildman–Crippen LogP) is 4.58. The second-order valence-electron chi connectivity index (χ2n) is 3.76. The Hall–Kier alpha value is -1.68. The van der Waals surface area contributed by atoms with Crippen LogP contribution in [0.3, 0.4) is 0 Å². The highest BCUT2D eigenvalue weighted by Gasteiger charge is 2.10. The van der Waals surface area contributed by atoms with Crippen molar-refractivity contribution >= 4 is 21.7 Å². The largest absolute Gasteiger partial charge is 0.456 e. The molecule has 0 radical (unpaired) electrons. The van der Waals surface area contributed by atoms with E-state index in [0.717, 1.165) is 4.47 Å². The van der Waals surface area contributed by atoms with E-state index in [1.807, 2.05) is 0 Å². The number of carbonyl (C=O) groups is 1. The Labute approximate surface area is 113 Å². The standard InChI is InChI=1S/C14H10BrFO2/c1-9(17)13-6-5-10(15)7-14(13)18-12-4-2-3-11(16)8-12/h2-8H,1H3. The first kappa shape index (κ1) is 12.8. The summed E-state index contributed by atoms with van der Waals surface area (Å²) in [4.78, 5) is 11.5. The highest BCUT2D eigenvalue weighted by atomic mass is 79.9. The fraction of sp³-hybridized carbons (Fsp3) is 0.0714. The molecule has 0 saturated carbocycles. The zero-order chi connectivity index (χ0) is 13.1. The van der Waals surface area contributed by atoms with Crippen LogP contribution >= 0.6 is 15.9 Å². The normalized spacial score (nSPS) is 10.2. The summed E-state index contributed by atoms with van der Waals surface area (Å²) in [5.41, 5.74) is 0.461. The summed E-state index contributed by atoms with van der Waals surface area (Å²) in [5, 5.41) is 0. The quantitative estimate of drug-likeness (QED) is 0.776. The van der Waals surface area contributed by atoms with Gasteiger partial charge in [-0.15, -0.1) is 0 Å². The van der Waals surface area contributed by atoms with Crippen LogP contribution in [0, 0.1) is 5.82 Å². The van der Waals surface area contributed by atoms with E-state index in [-0.39, 0.29) is 11.6 Å². The summed E-state index contributed by atoms with van der Waals surface area (Å²) in [6.07, 6.45) is 0. The summed E-state index contributed by atoms with van der Waals surface area (Å²) in [7, 11) is 0. The smallest absolute Gasteiger partial charge is 0.163 e. The van der Waals surface area contributed by atoms with Gasteiger partial charge in [0.2, 0.25) is 0 Å². The lowest BCUT2D eigenvalue weighted by Crippen LogP contribution is -1.97. The molecule has 0 amide bonds. The molecular formula is C14H10BrFO2. The van der Waals surface area contributed by atoms with Gasteiger partial charge >= 0.3 is 0 Å². The minimum absolute atomic E-state index is 0.103. The zero-order valence-electron chi connectivity index (χ0n) is 9.61. The van der Waals surface area contributed by atoms with E-state index in [9.17, 15) is 9.18 Å². The van der Waals surface area contributed by atoms with Gasteiger partial charge in [0, 0.05) is 10.5 Å². The number of benzene rings is 2. The van der Waals surface area contributed by atoms with Crippen molar-refractivity contribution in [1.82, 2.24) is 0 Å². The summed E-state index contributed by atoms with van der Waals surface area (Å²) >= 11 is 3.31. The summed E-state index contributed by atoms with van der Waals surface area (Å²) in [6, 6.07) is 10.9. The second kappa shape index (κ2) is 5.31. The van der Waals surface area contributed by atoms with Crippen molar-refractivity contribution in [2.75, 3.05) is 0 Å². The van der Waals surface area contributed by atoms with Crippen LogP contribution in [-0.4, -0.2) is 5.78 Å². The van der Waals surface area contributed by atoms with Gasteiger partial charge in [0.1, 0.15) is 17.3 Å². The fourth-order valence-corrected chi connectivity index (χ4v) is 1.87. The third kappa shape index (κ3) is 2.96. The molecule has 0 spiro atoms. The number of carbonyl (C=O) groups excluding carboxylic acids is 1. The van der Waals surface area contributed by atoms with Gasteiger partial charge in [-0.2, -0.15) is 0 Å². The molecule has 0 heterocycles. The van der Waals surface area contributed by atoms with Gasteiger partial charge in [0.15, 0.2) is 5.78 Å². The molecule has 0 atom stereocenters. The van der Waals surface area contributed by atoms with Crippen molar-refractivity contribution in [2.24, 2.45) is 0 Å². The Morgan fingerprint density at radius 1 is 1.22 bits per heavy atom. The molecule has 0 unspecified atom stereocenters. The van der Waals surface area contributed by atoms with Crippen LogP contribution in [0.15, 0.2) is 46.9 Å². The summed E-state index contributed by atoms with van der Waals surface area (Å²) < 4.78 is 19.4. The van der Waals surface area contributed by atoms with Crippen LogP contribution in [0.2, 0.25) is 0 Å². The van der Waals surface area contributed by atoms with Crippen LogP contribution in [-0.2, 0) is 0 Å². The van der Waals surface area contributed by atoms with Gasteiger partial charge in [-0.1, -0.05) is 22.0 Å². The Kier molecular flexibility index (Phi) is 3.77. The molecule has 0 aromatic heterocycles. The topological polar surface area (TPSA) is 26.3 Å². The van der Waals surface area contributed by atoms with E-state index in [1.165, 1.54) is 19.1 Å². The van der Waals surface area contributed by atoms with Gasteiger partial charge in [0.05, 0.1) is 5.56 Å². The average molecular weight is 309 g/mol. The fourth-order valence-electron chi connectivity index (χ4n) is 1.53. The number of hydrogen-bond donors (Lipinski definition) is 0. The molecule has 2 aromatic rings. The molecule has 4 heteroatoms. The molecule has 0 aliphatic heterocycles. The highest BCUT2D eigenvalue weighted by molar-refractivity contribution is 9.10. The van der Waals surface area contributed by atoms with Gasteiger partial charge in [-0.25, -0.2) is 4.39 Å². The molecule has 0 N–H and O–H groups in total. The van der Waals surface area contributed by atoms with Crippen LogP contribution in [0.1, 0.15) is 17.3 Å². The third-order valence-corrected chi connectivity index (χ3v) is 2.84. The van der Waals surface area contributed by atoms with E-state index < -0.39 is 0 Å². The van der Waals surface area contributed by atoms with Crippen molar-refractivity contribution in [3.05, 3.63) is 58.3 Å². The average Bonchev–Trinajstić information content (AvgIpc) is 2.28. The number of ketones is 1. The maximum atomic E-state index is 13.1. The molecule has 2 nitrogen and oxygen atoms in total. The highest BCUT2D eigenvalue weighted by Crippen LogP contribution is 2.29. The van der Waals surface area contributed by atoms with E-state index >= 15 is 0 Å². The summed E-state index contributed by atoms with van der Waals surface area (Å²) in [6.45, 7) is 1.46. The van der Waals surface area contributed by atoms with Crippen molar-refractivity contribution in [3.8, 4) is 11.5 Å². The number of ether oxygens (including phenoxy) is 1. The molecule has 92 valence electrons. The first-order chi connectivity index (χ1) is 8.56. The molecule has 0 fully saturated rings. The first-order valence-corrected chi connectivity index (χ1v) is 6.09. The van der Waals surface area contributed by atoms with Gasteiger partial charge in [-0.3, -0.25) is 4.79 Å². The first-order valence-electron chi connectivity index (χ1n) is 5.30. The van der Waals surface area contributed by atoms with Crippen molar-refractivity contribution in [1.29, 1.82) is 0 Å². The maximum Gasteiger partial charge on any atom is 0.163 e. The zero-order valence-corrected chi connectivity index (χ0v) is 11.2. The lowest BCUT2D eigenvalue weighted by Gasteiger charge is -2.09. The number of hydrogen-bond acceptors (Lipinski definition) is 2.